The van der Waals surface area contributed by atoms with Crippen molar-refractivity contribution in [2.24, 2.45) is 11.8 Å². The van der Waals surface area contributed by atoms with Crippen molar-refractivity contribution >= 4 is 27.3 Å². The Balaban J connectivity index is 1.96. The van der Waals surface area contributed by atoms with Crippen molar-refractivity contribution in [3.63, 3.8) is 0 Å². The fraction of sp³-hybridized carbons (Fsp3) is 0.500. The summed E-state index contributed by atoms with van der Waals surface area (Å²) < 4.78 is 0.818. The second-order valence-corrected chi connectivity index (χ2v) is 5.48. The van der Waals surface area contributed by atoms with Gasteiger partial charge in [0.2, 0.25) is 0 Å². The highest BCUT2D eigenvalue weighted by atomic mass is 79.9. The maximum absolute atomic E-state index is 10.9. The second-order valence-electron chi connectivity index (χ2n) is 4.57. The lowest BCUT2D eigenvalue weighted by Gasteiger charge is -2.07. The van der Waals surface area contributed by atoms with Crippen molar-refractivity contribution in [2.75, 3.05) is 18.5 Å². The molecule has 2 N–H and O–H groups in total. The minimum Gasteiger partial charge on any atom is -0.396 e. The lowest BCUT2D eigenvalue weighted by molar-refractivity contribution is -0.384. The lowest BCUT2D eigenvalue weighted by Crippen LogP contribution is -2.07. The van der Waals surface area contributed by atoms with E-state index in [2.05, 4.69) is 21.2 Å². The largest absolute Gasteiger partial charge is 0.396 e. The molecule has 1 saturated carbocycles. The Hall–Kier alpha value is -1.14. The van der Waals surface area contributed by atoms with E-state index in [0.29, 0.717) is 17.5 Å². The number of aliphatic hydroxyl groups is 1. The number of aliphatic hydroxyl groups excluding tert-OH is 1. The summed E-state index contributed by atoms with van der Waals surface area (Å²) in [4.78, 5) is 10.5. The predicted octanol–water partition coefficient (Wildman–Crippen LogP) is 2.79. The van der Waals surface area contributed by atoms with E-state index < -0.39 is 0 Å². The zero-order chi connectivity index (χ0) is 13.1. The number of halogens is 1. The van der Waals surface area contributed by atoms with Crippen molar-refractivity contribution in [1.29, 1.82) is 0 Å². The van der Waals surface area contributed by atoms with E-state index in [4.69, 9.17) is 5.11 Å². The van der Waals surface area contributed by atoms with Gasteiger partial charge in [0, 0.05) is 23.7 Å². The van der Waals surface area contributed by atoms with E-state index in [1.165, 1.54) is 6.07 Å². The number of nitrogens with one attached hydrogen (secondary N) is 1. The number of hydrogen-bond acceptors (Lipinski definition) is 4. The summed E-state index contributed by atoms with van der Waals surface area (Å²) in [5.41, 5.74) is 0.640. The smallest absolute Gasteiger partial charge is 0.292 e. The molecule has 1 aliphatic rings. The van der Waals surface area contributed by atoms with Crippen LogP contribution < -0.4 is 5.32 Å². The Bertz CT molecular complexity index is 453. The highest BCUT2D eigenvalue weighted by molar-refractivity contribution is 9.10. The van der Waals surface area contributed by atoms with E-state index in [1.807, 2.05) is 0 Å². The van der Waals surface area contributed by atoms with Gasteiger partial charge >= 0.3 is 0 Å². The Morgan fingerprint density at radius 3 is 2.94 bits per heavy atom. The topological polar surface area (TPSA) is 75.4 Å². The van der Waals surface area contributed by atoms with Crippen LogP contribution in [0.3, 0.4) is 0 Å². The SMILES string of the molecule is O=[N+]([O-])c1ccc(Br)cc1NC[C@H]1C[C@@H]1CCO. The molecule has 0 bridgehead atoms. The molecule has 98 valence electrons. The highest BCUT2D eigenvalue weighted by Gasteiger charge is 2.36. The third-order valence-electron chi connectivity index (χ3n) is 3.28. The van der Waals surface area contributed by atoms with E-state index in [0.717, 1.165) is 23.9 Å². The van der Waals surface area contributed by atoms with Gasteiger partial charge in [-0.15, -0.1) is 0 Å². The van der Waals surface area contributed by atoms with E-state index >= 15 is 0 Å². The van der Waals surface area contributed by atoms with Crippen LogP contribution in [0.4, 0.5) is 11.4 Å². The number of nitro groups is 1. The zero-order valence-corrected chi connectivity index (χ0v) is 11.4. The third-order valence-corrected chi connectivity index (χ3v) is 3.77. The van der Waals surface area contributed by atoms with Crippen LogP contribution in [0.2, 0.25) is 0 Å². The standard InChI is InChI=1S/C12H15BrN2O3/c13-10-1-2-12(15(17)18)11(6-10)14-7-9-5-8(9)3-4-16/h1-2,6,8-9,14,16H,3-5,7H2/t8-,9+/m0/s1. The summed E-state index contributed by atoms with van der Waals surface area (Å²) in [5.74, 6) is 1.09. The normalized spacial score (nSPS) is 21.7. The average molecular weight is 315 g/mol. The van der Waals surface area contributed by atoms with Crippen molar-refractivity contribution in [3.05, 3.63) is 32.8 Å². The first-order valence-electron chi connectivity index (χ1n) is 5.90. The third kappa shape index (κ3) is 3.20. The van der Waals surface area contributed by atoms with Gasteiger partial charge in [0.15, 0.2) is 0 Å². The van der Waals surface area contributed by atoms with Gasteiger partial charge in [-0.2, -0.15) is 0 Å². The molecular weight excluding hydrogens is 300 g/mol. The van der Waals surface area contributed by atoms with Crippen LogP contribution >= 0.6 is 15.9 Å². The Labute approximate surface area is 113 Å². The monoisotopic (exact) mass is 314 g/mol. The van der Waals surface area contributed by atoms with E-state index in [-0.39, 0.29) is 17.2 Å². The molecule has 1 aromatic rings. The number of rotatable bonds is 6. The van der Waals surface area contributed by atoms with Crippen LogP contribution in [0.15, 0.2) is 22.7 Å². The highest BCUT2D eigenvalue weighted by Crippen LogP contribution is 2.41. The van der Waals surface area contributed by atoms with Gasteiger partial charge in [-0.1, -0.05) is 15.9 Å². The molecule has 0 saturated heterocycles. The zero-order valence-electron chi connectivity index (χ0n) is 9.80. The average Bonchev–Trinajstić information content (AvgIpc) is 3.05. The predicted molar refractivity (Wildman–Crippen MR) is 72.6 cm³/mol. The molecule has 5 nitrogen and oxygen atoms in total. The molecule has 2 rings (SSSR count). The van der Waals surface area contributed by atoms with Gasteiger partial charge in [-0.25, -0.2) is 0 Å². The van der Waals surface area contributed by atoms with Crippen molar-refractivity contribution in [2.45, 2.75) is 12.8 Å². The fourth-order valence-electron chi connectivity index (χ4n) is 2.13. The Kier molecular flexibility index (Phi) is 4.19. The van der Waals surface area contributed by atoms with Crippen molar-refractivity contribution in [3.8, 4) is 0 Å². The molecule has 0 unspecified atom stereocenters. The molecule has 0 aliphatic heterocycles. The van der Waals surface area contributed by atoms with E-state index in [1.54, 1.807) is 12.1 Å². The summed E-state index contributed by atoms with van der Waals surface area (Å²) in [7, 11) is 0. The summed E-state index contributed by atoms with van der Waals surface area (Å²) >= 11 is 3.31. The molecule has 0 spiro atoms. The summed E-state index contributed by atoms with van der Waals surface area (Å²) in [6, 6.07) is 4.88. The summed E-state index contributed by atoms with van der Waals surface area (Å²) in [6.45, 7) is 0.945. The number of anilines is 1. The molecule has 1 fully saturated rings. The van der Waals surface area contributed by atoms with Gasteiger partial charge in [0.1, 0.15) is 5.69 Å². The van der Waals surface area contributed by atoms with E-state index in [9.17, 15) is 10.1 Å². The van der Waals surface area contributed by atoms with Gasteiger partial charge in [0.25, 0.3) is 5.69 Å². The molecule has 0 heterocycles. The Morgan fingerprint density at radius 2 is 2.28 bits per heavy atom. The van der Waals surface area contributed by atoms with Gasteiger partial charge < -0.3 is 10.4 Å². The Morgan fingerprint density at radius 1 is 1.50 bits per heavy atom. The maximum atomic E-state index is 10.9. The number of nitrogens with zero attached hydrogens (tertiary/aromatic N) is 1. The van der Waals surface area contributed by atoms with Crippen molar-refractivity contribution < 1.29 is 10.0 Å². The molecular formula is C12H15BrN2O3. The molecule has 6 heteroatoms. The van der Waals surface area contributed by atoms with Gasteiger partial charge in [-0.3, -0.25) is 10.1 Å². The molecule has 0 aromatic heterocycles. The molecule has 0 radical (unpaired) electrons. The lowest BCUT2D eigenvalue weighted by atomic mass is 10.2. The summed E-state index contributed by atoms with van der Waals surface area (Å²) in [6.07, 6.45) is 1.92. The van der Waals surface area contributed by atoms with Gasteiger partial charge in [0.05, 0.1) is 4.92 Å². The van der Waals surface area contributed by atoms with Crippen LogP contribution in [0.25, 0.3) is 0 Å². The van der Waals surface area contributed by atoms with Gasteiger partial charge in [-0.05, 0) is 36.8 Å². The van der Waals surface area contributed by atoms with Crippen LogP contribution in [-0.4, -0.2) is 23.2 Å². The fourth-order valence-corrected chi connectivity index (χ4v) is 2.49. The molecule has 0 amide bonds. The molecule has 1 aromatic carbocycles. The van der Waals surface area contributed by atoms with Crippen molar-refractivity contribution in [1.82, 2.24) is 0 Å². The number of nitro benzene ring substituents is 1. The minimum absolute atomic E-state index is 0.0950. The molecule has 2 atom stereocenters. The van der Waals surface area contributed by atoms with Crippen LogP contribution in [0.5, 0.6) is 0 Å². The molecule has 18 heavy (non-hydrogen) atoms. The minimum atomic E-state index is -0.382. The maximum Gasteiger partial charge on any atom is 0.292 e. The molecule has 1 aliphatic carbocycles. The summed E-state index contributed by atoms with van der Waals surface area (Å²) in [5, 5.41) is 22.8. The number of benzene rings is 1. The number of hydrogen-bond donors (Lipinski definition) is 2. The quantitative estimate of drug-likeness (QED) is 0.625. The first-order valence-corrected chi connectivity index (χ1v) is 6.69. The second kappa shape index (κ2) is 5.67. The van der Waals surface area contributed by atoms with Crippen LogP contribution in [-0.2, 0) is 0 Å². The van der Waals surface area contributed by atoms with Crippen LogP contribution in [0, 0.1) is 22.0 Å². The van der Waals surface area contributed by atoms with Crippen LogP contribution in [0.1, 0.15) is 12.8 Å². The first-order chi connectivity index (χ1) is 8.61. The first kappa shape index (κ1) is 13.3.